The van der Waals surface area contributed by atoms with E-state index in [1.165, 1.54) is 18.2 Å². The summed E-state index contributed by atoms with van der Waals surface area (Å²) in [7, 11) is 0. The normalized spacial score (nSPS) is 9.85. The molecule has 7 nitrogen and oxygen atoms in total. The number of hydrogen-bond donors (Lipinski definition) is 2. The number of amides is 2. The van der Waals surface area contributed by atoms with Crippen molar-refractivity contribution < 1.29 is 28.6 Å². The predicted octanol–water partition coefficient (Wildman–Crippen LogP) is -0.397. The summed E-state index contributed by atoms with van der Waals surface area (Å²) in [5.41, 5.74) is 4.91. The van der Waals surface area contributed by atoms with Crippen molar-refractivity contribution in [3.05, 3.63) is 30.1 Å². The molecule has 0 unspecified atom stereocenters. The lowest BCUT2D eigenvalue weighted by atomic mass is 10.3. The Bertz CT molecular complexity index is 504. The summed E-state index contributed by atoms with van der Waals surface area (Å²) in [6.45, 7) is -1.84. The van der Waals surface area contributed by atoms with E-state index in [0.717, 1.165) is 6.07 Å². The van der Waals surface area contributed by atoms with E-state index in [1.54, 1.807) is 0 Å². The third-order valence-electron chi connectivity index (χ3n) is 2.21. The van der Waals surface area contributed by atoms with Gasteiger partial charge in [0.15, 0.2) is 18.2 Å². The summed E-state index contributed by atoms with van der Waals surface area (Å²) in [5, 5.41) is 8.63. The molecule has 0 aromatic heterocycles. The number of carbonyl (C=O) groups excluding carboxylic acids is 2. The molecular formula is C12H13FN2O5. The SMILES string of the molecule is NC(=O)CN(CC(=O)O)C(=O)COc1ccccc1F. The Hall–Kier alpha value is -2.64. The van der Waals surface area contributed by atoms with Crippen molar-refractivity contribution in [2.45, 2.75) is 0 Å². The van der Waals surface area contributed by atoms with Gasteiger partial charge in [-0.2, -0.15) is 0 Å². The molecule has 20 heavy (non-hydrogen) atoms. The highest BCUT2D eigenvalue weighted by molar-refractivity contribution is 5.87. The number of hydrogen-bond acceptors (Lipinski definition) is 4. The minimum Gasteiger partial charge on any atom is -0.481 e. The Balaban J connectivity index is 2.64. The number of carboxylic acid groups (broad SMARTS) is 1. The van der Waals surface area contributed by atoms with E-state index in [1.807, 2.05) is 0 Å². The van der Waals surface area contributed by atoms with Crippen molar-refractivity contribution in [2.24, 2.45) is 5.73 Å². The van der Waals surface area contributed by atoms with Crippen LogP contribution >= 0.6 is 0 Å². The van der Waals surface area contributed by atoms with Crippen molar-refractivity contribution >= 4 is 17.8 Å². The van der Waals surface area contributed by atoms with Gasteiger partial charge in [0, 0.05) is 0 Å². The lowest BCUT2D eigenvalue weighted by Gasteiger charge is -2.19. The molecular weight excluding hydrogens is 271 g/mol. The second-order valence-corrected chi connectivity index (χ2v) is 3.83. The summed E-state index contributed by atoms with van der Waals surface area (Å²) in [6.07, 6.45) is 0. The van der Waals surface area contributed by atoms with Gasteiger partial charge < -0.3 is 20.5 Å². The number of benzene rings is 1. The van der Waals surface area contributed by atoms with Crippen molar-refractivity contribution in [2.75, 3.05) is 19.7 Å². The van der Waals surface area contributed by atoms with Crippen LogP contribution in [0, 0.1) is 5.82 Å². The fraction of sp³-hybridized carbons (Fsp3) is 0.250. The van der Waals surface area contributed by atoms with Crippen LogP contribution in [0.25, 0.3) is 0 Å². The lowest BCUT2D eigenvalue weighted by molar-refractivity contribution is -0.146. The van der Waals surface area contributed by atoms with Crippen LogP contribution in [-0.2, 0) is 14.4 Å². The molecule has 2 amide bonds. The Kier molecular flexibility index (Phi) is 5.45. The van der Waals surface area contributed by atoms with Crippen LogP contribution in [0.3, 0.4) is 0 Å². The van der Waals surface area contributed by atoms with E-state index in [9.17, 15) is 18.8 Å². The Labute approximate surface area is 113 Å². The molecule has 0 aliphatic heterocycles. The number of aliphatic carboxylic acids is 1. The second kappa shape index (κ2) is 7.07. The van der Waals surface area contributed by atoms with E-state index < -0.39 is 43.3 Å². The van der Waals surface area contributed by atoms with Crippen LogP contribution in [0.1, 0.15) is 0 Å². The van der Waals surface area contributed by atoms with E-state index in [4.69, 9.17) is 15.6 Å². The Morgan fingerprint density at radius 3 is 2.45 bits per heavy atom. The van der Waals surface area contributed by atoms with Gasteiger partial charge in [-0.1, -0.05) is 12.1 Å². The van der Waals surface area contributed by atoms with Crippen LogP contribution < -0.4 is 10.5 Å². The molecule has 0 heterocycles. The quantitative estimate of drug-likeness (QED) is 0.708. The molecule has 0 aliphatic carbocycles. The Morgan fingerprint density at radius 2 is 1.90 bits per heavy atom. The smallest absolute Gasteiger partial charge is 0.323 e. The molecule has 1 aromatic carbocycles. The van der Waals surface area contributed by atoms with Gasteiger partial charge in [0.2, 0.25) is 5.91 Å². The monoisotopic (exact) mass is 284 g/mol. The minimum atomic E-state index is -1.30. The molecule has 1 aromatic rings. The maximum absolute atomic E-state index is 13.2. The Morgan fingerprint density at radius 1 is 1.25 bits per heavy atom. The first-order valence-electron chi connectivity index (χ1n) is 5.55. The number of ether oxygens (including phenoxy) is 1. The highest BCUT2D eigenvalue weighted by atomic mass is 19.1. The number of halogens is 1. The fourth-order valence-corrected chi connectivity index (χ4v) is 1.38. The van der Waals surface area contributed by atoms with Crippen molar-refractivity contribution in [1.82, 2.24) is 4.90 Å². The molecule has 0 atom stereocenters. The first-order chi connectivity index (χ1) is 9.40. The molecule has 108 valence electrons. The molecule has 1 rings (SSSR count). The van der Waals surface area contributed by atoms with Crippen molar-refractivity contribution in [1.29, 1.82) is 0 Å². The molecule has 8 heteroatoms. The van der Waals surface area contributed by atoms with Gasteiger partial charge in [0.25, 0.3) is 5.91 Å². The maximum Gasteiger partial charge on any atom is 0.323 e. The van der Waals surface area contributed by atoms with Gasteiger partial charge in [0.1, 0.15) is 13.1 Å². The van der Waals surface area contributed by atoms with Crippen LogP contribution in [0.2, 0.25) is 0 Å². The molecule has 0 saturated heterocycles. The van der Waals surface area contributed by atoms with Crippen LogP contribution in [0.15, 0.2) is 24.3 Å². The second-order valence-electron chi connectivity index (χ2n) is 3.83. The van der Waals surface area contributed by atoms with Gasteiger partial charge >= 0.3 is 5.97 Å². The van der Waals surface area contributed by atoms with Crippen LogP contribution in [-0.4, -0.2) is 47.5 Å². The minimum absolute atomic E-state index is 0.143. The third-order valence-corrected chi connectivity index (χ3v) is 2.21. The molecule has 0 saturated carbocycles. The van der Waals surface area contributed by atoms with Crippen molar-refractivity contribution in [3.8, 4) is 5.75 Å². The highest BCUT2D eigenvalue weighted by Gasteiger charge is 2.19. The molecule has 0 spiro atoms. The zero-order valence-electron chi connectivity index (χ0n) is 10.4. The van der Waals surface area contributed by atoms with Crippen LogP contribution in [0.5, 0.6) is 5.75 Å². The molecule has 0 radical (unpaired) electrons. The van der Waals surface area contributed by atoms with Gasteiger partial charge in [0.05, 0.1) is 0 Å². The van der Waals surface area contributed by atoms with Gasteiger partial charge in [-0.3, -0.25) is 14.4 Å². The van der Waals surface area contributed by atoms with Crippen LogP contribution in [0.4, 0.5) is 4.39 Å². The zero-order chi connectivity index (χ0) is 15.1. The molecule has 0 bridgehead atoms. The first-order valence-corrected chi connectivity index (χ1v) is 5.55. The number of para-hydroxylation sites is 1. The largest absolute Gasteiger partial charge is 0.481 e. The topological polar surface area (TPSA) is 110 Å². The lowest BCUT2D eigenvalue weighted by Crippen LogP contribution is -2.43. The van der Waals surface area contributed by atoms with E-state index >= 15 is 0 Å². The molecule has 0 aliphatic rings. The van der Waals surface area contributed by atoms with Crippen molar-refractivity contribution in [3.63, 3.8) is 0 Å². The average molecular weight is 284 g/mol. The van der Waals surface area contributed by atoms with Gasteiger partial charge in [-0.05, 0) is 12.1 Å². The summed E-state index contributed by atoms with van der Waals surface area (Å²) in [4.78, 5) is 33.8. The summed E-state index contributed by atoms with van der Waals surface area (Å²) in [5.74, 6) is -3.74. The number of primary amides is 1. The summed E-state index contributed by atoms with van der Waals surface area (Å²) in [6, 6.07) is 5.44. The number of nitrogens with zero attached hydrogens (tertiary/aromatic N) is 1. The number of carbonyl (C=O) groups is 3. The number of carboxylic acids is 1. The highest BCUT2D eigenvalue weighted by Crippen LogP contribution is 2.15. The third kappa shape index (κ3) is 4.92. The maximum atomic E-state index is 13.2. The summed E-state index contributed by atoms with van der Waals surface area (Å²) < 4.78 is 18.2. The molecule has 0 fully saturated rings. The van der Waals surface area contributed by atoms with E-state index in [0.29, 0.717) is 4.90 Å². The fourth-order valence-electron chi connectivity index (χ4n) is 1.38. The van der Waals surface area contributed by atoms with E-state index in [2.05, 4.69) is 0 Å². The standard InChI is InChI=1S/C12H13FN2O5/c13-8-3-1-2-4-9(8)20-7-11(17)15(5-10(14)16)6-12(18)19/h1-4H,5-7H2,(H2,14,16)(H,18,19). The predicted molar refractivity (Wildman–Crippen MR) is 65.3 cm³/mol. The summed E-state index contributed by atoms with van der Waals surface area (Å²) >= 11 is 0. The first kappa shape index (κ1) is 15.4. The number of rotatable bonds is 7. The van der Waals surface area contributed by atoms with Gasteiger partial charge in [-0.25, -0.2) is 4.39 Å². The van der Waals surface area contributed by atoms with Gasteiger partial charge in [-0.15, -0.1) is 0 Å². The van der Waals surface area contributed by atoms with E-state index in [-0.39, 0.29) is 5.75 Å². The zero-order valence-corrected chi connectivity index (χ0v) is 10.4. The molecule has 3 N–H and O–H groups in total. The average Bonchev–Trinajstić information content (AvgIpc) is 2.35. The number of nitrogens with two attached hydrogens (primary N) is 1.